The van der Waals surface area contributed by atoms with Crippen molar-refractivity contribution in [2.24, 2.45) is 28.8 Å². The lowest BCUT2D eigenvalue weighted by Gasteiger charge is -2.42. The van der Waals surface area contributed by atoms with Gasteiger partial charge in [-0.15, -0.1) is 0 Å². The zero-order chi connectivity index (χ0) is 16.1. The van der Waals surface area contributed by atoms with Crippen molar-refractivity contribution in [2.45, 2.75) is 57.1 Å². The number of nitrogens with zero attached hydrogens (tertiary/aromatic N) is 1. The summed E-state index contributed by atoms with van der Waals surface area (Å²) in [6.07, 6.45) is 8.25. The summed E-state index contributed by atoms with van der Waals surface area (Å²) in [4.78, 5) is 5.73. The first-order chi connectivity index (χ1) is 11.7. The summed E-state index contributed by atoms with van der Waals surface area (Å²) in [5.74, 6) is 3.93. The molecule has 0 amide bonds. The fourth-order valence-electron chi connectivity index (χ4n) is 6.12. The molecule has 5 rings (SSSR count). The van der Waals surface area contributed by atoms with Gasteiger partial charge in [-0.25, -0.2) is 0 Å². The molecule has 24 heavy (non-hydrogen) atoms. The number of fused-ring (bicyclic) bond motifs is 1. The molecule has 1 N–H and O–H groups in total. The van der Waals surface area contributed by atoms with Gasteiger partial charge in [0.2, 0.25) is 0 Å². The first-order valence-electron chi connectivity index (χ1n) is 9.74. The molecule has 3 heteroatoms. The summed E-state index contributed by atoms with van der Waals surface area (Å²) in [6, 6.07) is 10.4. The Bertz CT molecular complexity index is 638. The molecule has 6 atom stereocenters. The molecule has 3 nitrogen and oxygen atoms in total. The second kappa shape index (κ2) is 5.59. The van der Waals surface area contributed by atoms with E-state index in [9.17, 15) is 0 Å². The first-order valence-corrected chi connectivity index (χ1v) is 9.74. The van der Waals surface area contributed by atoms with Crippen LogP contribution in [-0.2, 0) is 4.84 Å². The molecule has 3 saturated carbocycles. The zero-order valence-corrected chi connectivity index (χ0v) is 14.6. The van der Waals surface area contributed by atoms with Crippen molar-refractivity contribution in [3.05, 3.63) is 35.9 Å². The topological polar surface area (TPSA) is 33.6 Å². The fraction of sp³-hybridized carbons (Fsp3) is 0.667. The van der Waals surface area contributed by atoms with Crippen LogP contribution in [0.5, 0.6) is 0 Å². The van der Waals surface area contributed by atoms with E-state index in [2.05, 4.69) is 41.7 Å². The summed E-state index contributed by atoms with van der Waals surface area (Å²) in [5, 5.41) is 8.31. The molecule has 1 aromatic rings. The van der Waals surface area contributed by atoms with Gasteiger partial charge in [0.05, 0.1) is 5.71 Å². The number of hydrogen-bond donors (Lipinski definition) is 1. The SMILES string of the molecule is C[C@@H]1CC2CC3C[C@](NC[C@@H]4CC(c5ccccc5)=NO4)(CC23)C1. The average Bonchev–Trinajstić information content (AvgIpc) is 3.12. The Labute approximate surface area is 144 Å². The van der Waals surface area contributed by atoms with Gasteiger partial charge in [0, 0.05) is 18.5 Å². The molecule has 0 aromatic heterocycles. The van der Waals surface area contributed by atoms with Crippen molar-refractivity contribution in [3.8, 4) is 0 Å². The summed E-state index contributed by atoms with van der Waals surface area (Å²) in [7, 11) is 0. The van der Waals surface area contributed by atoms with Gasteiger partial charge in [-0.2, -0.15) is 0 Å². The summed E-state index contributed by atoms with van der Waals surface area (Å²) in [6.45, 7) is 3.40. The molecule has 128 valence electrons. The minimum absolute atomic E-state index is 0.196. The van der Waals surface area contributed by atoms with Crippen molar-refractivity contribution in [2.75, 3.05) is 6.54 Å². The van der Waals surface area contributed by atoms with Crippen molar-refractivity contribution in [1.82, 2.24) is 5.32 Å². The molecular formula is C21H28N2O. The maximum absolute atomic E-state index is 5.73. The third-order valence-electron chi connectivity index (χ3n) is 7.08. The van der Waals surface area contributed by atoms with Crippen LogP contribution >= 0.6 is 0 Å². The molecule has 1 aromatic carbocycles. The number of rotatable bonds is 4. The van der Waals surface area contributed by atoms with Crippen LogP contribution in [0.1, 0.15) is 51.0 Å². The van der Waals surface area contributed by atoms with Crippen molar-refractivity contribution in [3.63, 3.8) is 0 Å². The van der Waals surface area contributed by atoms with E-state index in [0.29, 0.717) is 5.54 Å². The highest BCUT2D eigenvalue weighted by Gasteiger charge is 2.56. The van der Waals surface area contributed by atoms with E-state index in [0.717, 1.165) is 42.3 Å². The van der Waals surface area contributed by atoms with Crippen LogP contribution in [-0.4, -0.2) is 23.9 Å². The second-order valence-corrected chi connectivity index (χ2v) is 8.87. The molecule has 1 heterocycles. The van der Waals surface area contributed by atoms with E-state index in [1.54, 1.807) is 0 Å². The minimum Gasteiger partial charge on any atom is -0.390 e. The maximum atomic E-state index is 5.73. The van der Waals surface area contributed by atoms with E-state index in [1.807, 2.05) is 6.07 Å². The highest BCUT2D eigenvalue weighted by atomic mass is 16.6. The molecule has 0 radical (unpaired) electrons. The van der Waals surface area contributed by atoms with E-state index < -0.39 is 0 Å². The lowest BCUT2D eigenvalue weighted by atomic mass is 9.63. The molecule has 4 aliphatic rings. The molecule has 3 unspecified atom stereocenters. The molecule has 1 aliphatic heterocycles. The van der Waals surface area contributed by atoms with Gasteiger partial charge in [-0.1, -0.05) is 42.4 Å². The summed E-state index contributed by atoms with van der Waals surface area (Å²) >= 11 is 0. The van der Waals surface area contributed by atoms with Gasteiger partial charge in [-0.05, 0) is 61.3 Å². The van der Waals surface area contributed by atoms with Crippen LogP contribution in [0, 0.1) is 23.7 Å². The fourth-order valence-corrected chi connectivity index (χ4v) is 6.12. The van der Waals surface area contributed by atoms with Gasteiger partial charge in [0.25, 0.3) is 0 Å². The van der Waals surface area contributed by atoms with Crippen LogP contribution in [0.4, 0.5) is 0 Å². The Hall–Kier alpha value is -1.35. The molecular weight excluding hydrogens is 296 g/mol. The van der Waals surface area contributed by atoms with Crippen molar-refractivity contribution < 1.29 is 4.84 Å². The van der Waals surface area contributed by atoms with Crippen LogP contribution in [0.2, 0.25) is 0 Å². The highest BCUT2D eigenvalue weighted by Crippen LogP contribution is 2.60. The normalized spacial score (nSPS) is 42.9. The van der Waals surface area contributed by atoms with Gasteiger partial charge < -0.3 is 10.2 Å². The first kappa shape index (κ1) is 14.9. The third kappa shape index (κ3) is 2.48. The summed E-state index contributed by atoms with van der Waals surface area (Å²) < 4.78 is 0. The average molecular weight is 324 g/mol. The predicted molar refractivity (Wildman–Crippen MR) is 95.9 cm³/mol. The lowest BCUT2D eigenvalue weighted by molar-refractivity contribution is 0.0671. The van der Waals surface area contributed by atoms with Crippen LogP contribution in [0.25, 0.3) is 0 Å². The Kier molecular flexibility index (Phi) is 3.48. The quantitative estimate of drug-likeness (QED) is 0.909. The van der Waals surface area contributed by atoms with Gasteiger partial charge >= 0.3 is 0 Å². The zero-order valence-electron chi connectivity index (χ0n) is 14.6. The molecule has 3 aliphatic carbocycles. The van der Waals surface area contributed by atoms with Gasteiger partial charge in [0.15, 0.2) is 0 Å². The van der Waals surface area contributed by atoms with Crippen molar-refractivity contribution >= 4 is 5.71 Å². The monoisotopic (exact) mass is 324 g/mol. The maximum Gasteiger partial charge on any atom is 0.145 e. The summed E-state index contributed by atoms with van der Waals surface area (Å²) in [5.41, 5.74) is 2.68. The molecule has 0 saturated heterocycles. The molecule has 2 bridgehead atoms. The second-order valence-electron chi connectivity index (χ2n) is 8.87. The lowest BCUT2D eigenvalue weighted by Crippen LogP contribution is -2.47. The Morgan fingerprint density at radius 2 is 2.00 bits per heavy atom. The largest absolute Gasteiger partial charge is 0.390 e. The predicted octanol–water partition coefficient (Wildman–Crippen LogP) is 3.98. The third-order valence-corrected chi connectivity index (χ3v) is 7.08. The Morgan fingerprint density at radius 3 is 2.88 bits per heavy atom. The van der Waals surface area contributed by atoms with E-state index in [1.165, 1.54) is 37.7 Å². The Balaban J connectivity index is 1.21. The van der Waals surface area contributed by atoms with E-state index >= 15 is 0 Å². The van der Waals surface area contributed by atoms with Crippen LogP contribution in [0.3, 0.4) is 0 Å². The van der Waals surface area contributed by atoms with Gasteiger partial charge in [0.1, 0.15) is 6.10 Å². The minimum atomic E-state index is 0.196. The smallest absolute Gasteiger partial charge is 0.145 e. The van der Waals surface area contributed by atoms with E-state index in [4.69, 9.17) is 4.84 Å². The Morgan fingerprint density at radius 1 is 1.12 bits per heavy atom. The molecule has 3 fully saturated rings. The standard InChI is InChI=1S/C21H28N2O/c1-14-7-16-8-17-11-21(10-14,12-19(16)17)22-13-18-9-20(23-24-18)15-5-3-2-4-6-15/h2-6,14,16-19,22H,7-13H2,1H3/t14-,16?,17?,18+,19?,21+/m1/s1. The number of nitrogens with one attached hydrogen (secondary N) is 1. The van der Waals surface area contributed by atoms with Crippen LogP contribution in [0.15, 0.2) is 35.5 Å². The van der Waals surface area contributed by atoms with Crippen molar-refractivity contribution in [1.29, 1.82) is 0 Å². The number of benzene rings is 1. The highest BCUT2D eigenvalue weighted by molar-refractivity contribution is 6.01. The van der Waals surface area contributed by atoms with Crippen LogP contribution < -0.4 is 5.32 Å². The van der Waals surface area contributed by atoms with Gasteiger partial charge in [-0.3, -0.25) is 0 Å². The number of hydrogen-bond acceptors (Lipinski definition) is 3. The van der Waals surface area contributed by atoms with E-state index in [-0.39, 0.29) is 6.10 Å². The number of oxime groups is 1. The molecule has 0 spiro atoms.